The lowest BCUT2D eigenvalue weighted by Gasteiger charge is -2.48. The monoisotopic (exact) mass is 304 g/mol. The molecule has 3 heterocycles. The molecule has 22 heavy (non-hydrogen) atoms. The first-order valence-corrected chi connectivity index (χ1v) is 8.11. The fraction of sp³-hybridized carbons (Fsp3) is 0.688. The second-order valence-electron chi connectivity index (χ2n) is 6.46. The number of nitrogens with zero attached hydrogens (tertiary/aromatic N) is 3. The summed E-state index contributed by atoms with van der Waals surface area (Å²) in [5, 5.41) is 13.8. The van der Waals surface area contributed by atoms with Gasteiger partial charge < -0.3 is 15.3 Å². The molecule has 2 aliphatic heterocycles. The molecular formula is C16H24N4O2. The molecule has 3 rings (SSSR count). The zero-order valence-electron chi connectivity index (χ0n) is 12.9. The Morgan fingerprint density at radius 3 is 3.18 bits per heavy atom. The van der Waals surface area contributed by atoms with E-state index in [2.05, 4.69) is 15.3 Å². The van der Waals surface area contributed by atoms with Gasteiger partial charge in [0.1, 0.15) is 0 Å². The summed E-state index contributed by atoms with van der Waals surface area (Å²) in [5.41, 5.74) is 0.695. The van der Waals surface area contributed by atoms with Crippen LogP contribution in [0.1, 0.15) is 31.4 Å². The largest absolute Gasteiger partial charge is 0.392 e. The minimum atomic E-state index is -0.302. The van der Waals surface area contributed by atoms with Crippen molar-refractivity contribution >= 4 is 5.91 Å². The highest BCUT2D eigenvalue weighted by Crippen LogP contribution is 2.36. The van der Waals surface area contributed by atoms with E-state index in [9.17, 15) is 9.90 Å². The van der Waals surface area contributed by atoms with Crippen molar-refractivity contribution in [2.75, 3.05) is 26.2 Å². The molecule has 0 saturated carbocycles. The van der Waals surface area contributed by atoms with Gasteiger partial charge in [-0.1, -0.05) is 0 Å². The molecule has 0 radical (unpaired) electrons. The van der Waals surface area contributed by atoms with Gasteiger partial charge in [0.2, 0.25) is 5.91 Å². The van der Waals surface area contributed by atoms with Crippen LogP contribution in [0.5, 0.6) is 0 Å². The molecule has 1 aromatic rings. The van der Waals surface area contributed by atoms with E-state index in [0.717, 1.165) is 44.6 Å². The Morgan fingerprint density at radius 2 is 2.41 bits per heavy atom. The average Bonchev–Trinajstić information content (AvgIpc) is 2.57. The number of hydrogen-bond donors (Lipinski definition) is 2. The summed E-state index contributed by atoms with van der Waals surface area (Å²) in [6.45, 7) is 3.14. The minimum absolute atomic E-state index is 0.154. The van der Waals surface area contributed by atoms with E-state index in [1.165, 1.54) is 0 Å². The molecule has 0 unspecified atom stereocenters. The van der Waals surface area contributed by atoms with E-state index in [-0.39, 0.29) is 17.4 Å². The number of rotatable bonds is 3. The van der Waals surface area contributed by atoms with Crippen LogP contribution in [0.25, 0.3) is 0 Å². The maximum atomic E-state index is 12.5. The number of carbonyl (C=O) groups is 1. The molecule has 1 amide bonds. The molecule has 2 N–H and O–H groups in total. The average molecular weight is 304 g/mol. The zero-order chi connectivity index (χ0) is 15.4. The van der Waals surface area contributed by atoms with Gasteiger partial charge in [-0.3, -0.25) is 14.8 Å². The van der Waals surface area contributed by atoms with Crippen LogP contribution in [0.3, 0.4) is 0 Å². The van der Waals surface area contributed by atoms with Gasteiger partial charge >= 0.3 is 0 Å². The summed E-state index contributed by atoms with van der Waals surface area (Å²) in [4.78, 5) is 22.6. The second kappa shape index (κ2) is 6.71. The molecule has 1 spiro atoms. The highest BCUT2D eigenvalue weighted by Gasteiger charge is 2.43. The van der Waals surface area contributed by atoms with Gasteiger partial charge in [-0.25, -0.2) is 0 Å². The van der Waals surface area contributed by atoms with E-state index in [1.54, 1.807) is 18.6 Å². The zero-order valence-corrected chi connectivity index (χ0v) is 12.9. The van der Waals surface area contributed by atoms with Gasteiger partial charge in [0.15, 0.2) is 0 Å². The molecule has 2 atom stereocenters. The number of aryl methyl sites for hydroxylation is 1. The van der Waals surface area contributed by atoms with Crippen molar-refractivity contribution in [2.24, 2.45) is 5.41 Å². The Kier molecular flexibility index (Phi) is 4.69. The van der Waals surface area contributed by atoms with Crippen molar-refractivity contribution in [3.8, 4) is 0 Å². The molecule has 120 valence electrons. The van der Waals surface area contributed by atoms with E-state index in [0.29, 0.717) is 19.4 Å². The number of aliphatic hydroxyl groups is 1. The number of hydrogen-bond acceptors (Lipinski definition) is 5. The smallest absolute Gasteiger partial charge is 0.222 e. The van der Waals surface area contributed by atoms with Gasteiger partial charge in [-0.05, 0) is 32.2 Å². The summed E-state index contributed by atoms with van der Waals surface area (Å²) in [5.74, 6) is 0.155. The van der Waals surface area contributed by atoms with Gasteiger partial charge in [0.05, 0.1) is 11.8 Å². The molecule has 1 aromatic heterocycles. The molecule has 6 heteroatoms. The van der Waals surface area contributed by atoms with E-state index < -0.39 is 0 Å². The first kappa shape index (κ1) is 15.4. The van der Waals surface area contributed by atoms with Crippen LogP contribution < -0.4 is 5.32 Å². The summed E-state index contributed by atoms with van der Waals surface area (Å²) < 4.78 is 0. The van der Waals surface area contributed by atoms with Crippen LogP contribution in [0.2, 0.25) is 0 Å². The Balaban J connectivity index is 1.58. The van der Waals surface area contributed by atoms with Crippen molar-refractivity contribution < 1.29 is 9.90 Å². The van der Waals surface area contributed by atoms with Crippen molar-refractivity contribution in [3.05, 3.63) is 24.3 Å². The summed E-state index contributed by atoms with van der Waals surface area (Å²) in [6.07, 6.45) is 8.52. The van der Waals surface area contributed by atoms with Crippen LogP contribution in [0.4, 0.5) is 0 Å². The van der Waals surface area contributed by atoms with E-state index in [4.69, 9.17) is 0 Å². The number of amides is 1. The predicted molar refractivity (Wildman–Crippen MR) is 82.1 cm³/mol. The van der Waals surface area contributed by atoms with E-state index in [1.807, 2.05) is 4.90 Å². The highest BCUT2D eigenvalue weighted by atomic mass is 16.3. The maximum Gasteiger partial charge on any atom is 0.222 e. The lowest BCUT2D eigenvalue weighted by Crippen LogP contribution is -2.58. The molecule has 2 aliphatic rings. The van der Waals surface area contributed by atoms with Crippen molar-refractivity contribution in [2.45, 2.75) is 38.2 Å². The van der Waals surface area contributed by atoms with E-state index >= 15 is 0 Å². The van der Waals surface area contributed by atoms with Gasteiger partial charge in [-0.15, -0.1) is 0 Å². The van der Waals surface area contributed by atoms with Crippen LogP contribution in [-0.2, 0) is 11.2 Å². The number of aromatic nitrogens is 2. The molecule has 2 saturated heterocycles. The third-order valence-corrected chi connectivity index (χ3v) is 4.95. The lowest BCUT2D eigenvalue weighted by molar-refractivity contribution is -0.138. The second-order valence-corrected chi connectivity index (χ2v) is 6.46. The third kappa shape index (κ3) is 3.28. The summed E-state index contributed by atoms with van der Waals surface area (Å²) in [6, 6.07) is 0. The van der Waals surface area contributed by atoms with Gasteiger partial charge in [-0.2, -0.15) is 0 Å². The normalized spacial score (nSPS) is 28.8. The molecule has 0 aromatic carbocycles. The number of likely N-dealkylation sites (tertiary alicyclic amines) is 1. The number of aliphatic hydroxyl groups excluding tert-OH is 1. The topological polar surface area (TPSA) is 78.4 Å². The Bertz CT molecular complexity index is 506. The van der Waals surface area contributed by atoms with Gasteiger partial charge in [0.25, 0.3) is 0 Å². The SMILES string of the molecule is O=C(CCc1cnccn1)N1CCC[C@]2(CNCC[C@@H]2O)C1. The number of nitrogens with one attached hydrogen (secondary N) is 1. The van der Waals surface area contributed by atoms with Crippen LogP contribution >= 0.6 is 0 Å². The standard InChI is InChI=1S/C16H24N4O2/c21-14-4-6-18-11-16(14)5-1-9-20(12-16)15(22)3-2-13-10-17-7-8-19-13/h7-8,10,14,18,21H,1-6,9,11-12H2/t14-,16-/m0/s1. The van der Waals surface area contributed by atoms with Crippen LogP contribution in [0.15, 0.2) is 18.6 Å². The Labute approximate surface area is 131 Å². The van der Waals surface area contributed by atoms with Crippen molar-refractivity contribution in [1.82, 2.24) is 20.2 Å². The van der Waals surface area contributed by atoms with Gasteiger partial charge in [0, 0.05) is 50.1 Å². The molecular weight excluding hydrogens is 280 g/mol. The van der Waals surface area contributed by atoms with Crippen molar-refractivity contribution in [1.29, 1.82) is 0 Å². The van der Waals surface area contributed by atoms with Crippen LogP contribution in [-0.4, -0.2) is 58.2 Å². The Hall–Kier alpha value is -1.53. The fourth-order valence-corrected chi connectivity index (χ4v) is 3.64. The first-order valence-electron chi connectivity index (χ1n) is 8.11. The van der Waals surface area contributed by atoms with Crippen LogP contribution in [0, 0.1) is 5.41 Å². The predicted octanol–water partition coefficient (Wildman–Crippen LogP) is 0.372. The number of piperidine rings is 2. The Morgan fingerprint density at radius 1 is 1.50 bits per heavy atom. The molecule has 6 nitrogen and oxygen atoms in total. The summed E-state index contributed by atoms with van der Waals surface area (Å²) >= 11 is 0. The molecule has 0 bridgehead atoms. The molecule has 2 fully saturated rings. The highest BCUT2D eigenvalue weighted by molar-refractivity contribution is 5.76. The quantitative estimate of drug-likeness (QED) is 0.844. The maximum absolute atomic E-state index is 12.5. The third-order valence-electron chi connectivity index (χ3n) is 4.95. The summed E-state index contributed by atoms with van der Waals surface area (Å²) in [7, 11) is 0. The fourth-order valence-electron chi connectivity index (χ4n) is 3.64. The first-order chi connectivity index (χ1) is 10.7. The lowest BCUT2D eigenvalue weighted by atomic mass is 9.72. The molecule has 0 aliphatic carbocycles. The number of carbonyl (C=O) groups excluding carboxylic acids is 1. The van der Waals surface area contributed by atoms with Crippen molar-refractivity contribution in [3.63, 3.8) is 0 Å². The minimum Gasteiger partial charge on any atom is -0.392 e.